The number of carboxylic acid groups (broad SMARTS) is 1. The molecule has 2 aliphatic heterocycles. The number of carbonyl (C=O) groups is 6. The van der Waals surface area contributed by atoms with Crippen LogP contribution in [-0.2, 0) is 23.9 Å². The van der Waals surface area contributed by atoms with Crippen molar-refractivity contribution in [1.82, 2.24) is 30.3 Å². The Morgan fingerprint density at radius 2 is 1.72 bits per heavy atom. The van der Waals surface area contributed by atoms with Gasteiger partial charge in [-0.1, -0.05) is 25.5 Å². The van der Waals surface area contributed by atoms with Crippen molar-refractivity contribution in [3.05, 3.63) is 36.0 Å². The van der Waals surface area contributed by atoms with Crippen LogP contribution < -0.4 is 15.4 Å². The Labute approximate surface area is 290 Å². The summed E-state index contributed by atoms with van der Waals surface area (Å²) in [6, 6.07) is 6.76. The second-order valence-corrected chi connectivity index (χ2v) is 12.9. The Morgan fingerprint density at radius 3 is 2.42 bits per heavy atom. The molecule has 2 atom stereocenters. The number of rotatable bonds is 14. The molecule has 2 unspecified atom stereocenters. The van der Waals surface area contributed by atoms with E-state index in [1.807, 2.05) is 6.92 Å². The Bertz CT molecular complexity index is 1570. The molecule has 2 saturated heterocycles. The number of piperazine rings is 1. The maximum Gasteiger partial charge on any atom is 0.409 e. The average Bonchev–Trinajstić information content (AvgIpc) is 3.60. The van der Waals surface area contributed by atoms with Crippen molar-refractivity contribution < 1.29 is 43.3 Å². The van der Waals surface area contributed by atoms with E-state index >= 15 is 0 Å². The molecule has 5 amide bonds. The number of carboxylic acids is 1. The molecule has 1 aromatic heterocycles. The monoisotopic (exact) mass is 694 g/mol. The number of nitrogens with zero attached hydrogens (tertiary/aromatic N) is 4. The minimum Gasteiger partial charge on any atom is -0.483 e. The lowest BCUT2D eigenvalue weighted by Gasteiger charge is -2.36. The van der Waals surface area contributed by atoms with Crippen LogP contribution in [0.5, 0.6) is 5.75 Å². The maximum atomic E-state index is 13.6. The van der Waals surface area contributed by atoms with Gasteiger partial charge in [-0.25, -0.2) is 9.78 Å². The van der Waals surface area contributed by atoms with Gasteiger partial charge in [0.2, 0.25) is 11.8 Å². The Hall–Kier alpha value is -4.95. The van der Waals surface area contributed by atoms with Gasteiger partial charge in [0.1, 0.15) is 23.5 Å². The molecule has 1 saturated carbocycles. The Balaban J connectivity index is 1.25. The summed E-state index contributed by atoms with van der Waals surface area (Å²) in [4.78, 5) is 86.1. The number of likely N-dealkylation sites (tertiary alicyclic amines) is 1. The van der Waals surface area contributed by atoms with Gasteiger partial charge >= 0.3 is 12.1 Å². The summed E-state index contributed by atoms with van der Waals surface area (Å²) >= 11 is 0. The summed E-state index contributed by atoms with van der Waals surface area (Å²) in [6.07, 6.45) is 4.95. The van der Waals surface area contributed by atoms with E-state index in [0.717, 1.165) is 32.1 Å². The zero-order valence-electron chi connectivity index (χ0n) is 28.4. The van der Waals surface area contributed by atoms with Crippen LogP contribution in [-0.4, -0.2) is 125 Å². The first kappa shape index (κ1) is 36.3. The Kier molecular flexibility index (Phi) is 12.4. The highest BCUT2D eigenvalue weighted by atomic mass is 16.6. The lowest BCUT2D eigenvalue weighted by Crippen LogP contribution is -2.56. The van der Waals surface area contributed by atoms with E-state index < -0.39 is 36.0 Å². The van der Waals surface area contributed by atoms with E-state index in [1.165, 1.54) is 15.9 Å². The fourth-order valence-corrected chi connectivity index (χ4v) is 6.27. The molecular weight excluding hydrogens is 648 g/mol. The van der Waals surface area contributed by atoms with Crippen LogP contribution in [0.4, 0.5) is 4.79 Å². The molecule has 0 bridgehead atoms. The van der Waals surface area contributed by atoms with Crippen LogP contribution in [0.25, 0.3) is 10.9 Å². The molecule has 2 aromatic rings. The fourth-order valence-electron chi connectivity index (χ4n) is 6.27. The first-order chi connectivity index (χ1) is 24.1. The van der Waals surface area contributed by atoms with Crippen molar-refractivity contribution in [3.63, 3.8) is 0 Å². The first-order valence-electron chi connectivity index (χ1n) is 17.5. The molecular formula is C35H46N6O9. The molecule has 15 heteroatoms. The lowest BCUT2D eigenvalue weighted by atomic mass is 9.93. The van der Waals surface area contributed by atoms with Crippen molar-refractivity contribution in [1.29, 1.82) is 0 Å². The number of para-hydroxylation sites is 1. The van der Waals surface area contributed by atoms with E-state index in [0.29, 0.717) is 36.9 Å². The van der Waals surface area contributed by atoms with Gasteiger partial charge in [0.05, 0.1) is 12.1 Å². The number of carbonyl (C=O) groups excluding carboxylic acids is 5. The smallest absolute Gasteiger partial charge is 0.409 e. The summed E-state index contributed by atoms with van der Waals surface area (Å²) in [5.41, 5.74) is 0.328. The largest absolute Gasteiger partial charge is 0.483 e. The van der Waals surface area contributed by atoms with Gasteiger partial charge in [0.25, 0.3) is 11.8 Å². The molecule has 3 aliphatic rings. The minimum atomic E-state index is -1.17. The predicted octanol–water partition coefficient (Wildman–Crippen LogP) is 2.32. The van der Waals surface area contributed by atoms with Gasteiger partial charge in [-0.05, 0) is 57.1 Å². The highest BCUT2D eigenvalue weighted by molar-refractivity contribution is 5.99. The van der Waals surface area contributed by atoms with E-state index in [9.17, 15) is 33.9 Å². The average molecular weight is 695 g/mol. The molecule has 5 rings (SSSR count). The number of hydrogen-bond acceptors (Lipinski definition) is 9. The lowest BCUT2D eigenvalue weighted by molar-refractivity contribution is -0.140. The number of amides is 5. The van der Waals surface area contributed by atoms with Crippen molar-refractivity contribution in [2.24, 2.45) is 0 Å². The molecule has 50 heavy (non-hydrogen) atoms. The molecule has 3 N–H and O–H groups in total. The molecule has 0 spiro atoms. The number of aliphatic carboxylic acids is 1. The number of benzene rings is 1. The van der Waals surface area contributed by atoms with Crippen molar-refractivity contribution >= 4 is 46.6 Å². The zero-order chi connectivity index (χ0) is 35.6. The predicted molar refractivity (Wildman–Crippen MR) is 180 cm³/mol. The fraction of sp³-hybridized carbons (Fsp3) is 0.571. The third-order valence-corrected chi connectivity index (χ3v) is 9.41. The number of unbranched alkanes of at least 4 members (excludes halogenated alkanes) is 1. The summed E-state index contributed by atoms with van der Waals surface area (Å²) in [7, 11) is 0. The first-order valence-corrected chi connectivity index (χ1v) is 17.5. The van der Waals surface area contributed by atoms with Crippen LogP contribution >= 0.6 is 0 Å². The molecule has 3 heterocycles. The maximum absolute atomic E-state index is 13.6. The summed E-state index contributed by atoms with van der Waals surface area (Å²) in [5, 5.41) is 15.6. The van der Waals surface area contributed by atoms with Gasteiger partial charge in [0.15, 0.2) is 6.61 Å². The van der Waals surface area contributed by atoms with E-state index in [2.05, 4.69) is 15.6 Å². The van der Waals surface area contributed by atoms with E-state index in [1.54, 1.807) is 29.2 Å². The molecule has 1 aromatic carbocycles. The number of fused-ring (bicyclic) bond motifs is 1. The number of aromatic nitrogens is 1. The second kappa shape index (κ2) is 17.1. The number of ether oxygens (including phenoxy) is 2. The number of pyridine rings is 1. The SMILES string of the molecule is CCCCOC(=O)N1CCN(C(=O)C(CCC(=O)O)NC(=O)c2cc(OCC(=O)N3CCCC3C(=O)NC3CCC3)c3ccccc3n2)CC1. The molecule has 0 radical (unpaired) electrons. The van der Waals surface area contributed by atoms with Crippen molar-refractivity contribution in [2.45, 2.75) is 82.8 Å². The van der Waals surface area contributed by atoms with Gasteiger partial charge in [0, 0.05) is 56.6 Å². The van der Waals surface area contributed by atoms with Crippen LogP contribution in [0, 0.1) is 0 Å². The Morgan fingerprint density at radius 1 is 0.980 bits per heavy atom. The minimum absolute atomic E-state index is 0.0853. The van der Waals surface area contributed by atoms with Crippen molar-refractivity contribution in [2.75, 3.05) is 45.9 Å². The molecule has 15 nitrogen and oxygen atoms in total. The zero-order valence-corrected chi connectivity index (χ0v) is 28.4. The van der Waals surface area contributed by atoms with Crippen LogP contribution in [0.2, 0.25) is 0 Å². The van der Waals surface area contributed by atoms with E-state index in [-0.39, 0.29) is 74.9 Å². The molecule has 1 aliphatic carbocycles. The second-order valence-electron chi connectivity index (χ2n) is 12.9. The molecule has 270 valence electrons. The summed E-state index contributed by atoms with van der Waals surface area (Å²) in [6.45, 7) is 3.27. The van der Waals surface area contributed by atoms with Crippen molar-refractivity contribution in [3.8, 4) is 5.75 Å². The summed E-state index contributed by atoms with van der Waals surface area (Å²) in [5.74, 6) is -2.59. The third-order valence-electron chi connectivity index (χ3n) is 9.41. The normalized spacial score (nSPS) is 18.3. The van der Waals surface area contributed by atoms with Gasteiger partial charge < -0.3 is 39.9 Å². The summed E-state index contributed by atoms with van der Waals surface area (Å²) < 4.78 is 11.2. The van der Waals surface area contributed by atoms with E-state index in [4.69, 9.17) is 9.47 Å². The molecule has 3 fully saturated rings. The number of nitrogens with one attached hydrogen (secondary N) is 2. The van der Waals surface area contributed by atoms with Gasteiger partial charge in [-0.15, -0.1) is 0 Å². The number of hydrogen-bond donors (Lipinski definition) is 3. The highest BCUT2D eigenvalue weighted by Crippen LogP contribution is 2.27. The van der Waals surface area contributed by atoms with Crippen LogP contribution in [0.1, 0.15) is 75.2 Å². The standard InChI is InChI=1S/C35H46N6O9/c1-2-3-20-49-35(48)40-18-16-39(17-19-40)34(47)26(13-14-31(43)44)38-32(45)27-21-29(24-10-4-5-11-25(24)37-27)50-22-30(42)41-15-7-12-28(41)33(46)36-23-8-6-9-23/h4-5,10-11,21,23,26,28H,2-3,6-9,12-20,22H2,1H3,(H,36,46)(H,38,45)(H,43,44). The van der Waals surface area contributed by atoms with Gasteiger partial charge in [-0.2, -0.15) is 0 Å². The van der Waals surface area contributed by atoms with Crippen LogP contribution in [0.3, 0.4) is 0 Å². The third kappa shape index (κ3) is 9.18. The quantitative estimate of drug-likeness (QED) is 0.248. The highest BCUT2D eigenvalue weighted by Gasteiger charge is 2.36. The van der Waals surface area contributed by atoms with Gasteiger partial charge in [-0.3, -0.25) is 24.0 Å². The van der Waals surface area contributed by atoms with Crippen LogP contribution in [0.15, 0.2) is 30.3 Å². The topological polar surface area (TPSA) is 188 Å².